The van der Waals surface area contributed by atoms with Crippen molar-refractivity contribution in [2.24, 2.45) is 0 Å². The van der Waals surface area contributed by atoms with Crippen molar-refractivity contribution in [3.8, 4) is 0 Å². The Hall–Kier alpha value is -4.53. The number of amides is 1. The minimum atomic E-state index is -0.623. The van der Waals surface area contributed by atoms with E-state index in [1.807, 2.05) is 0 Å². The molecule has 31 heavy (non-hydrogen) atoms. The lowest BCUT2D eigenvalue weighted by atomic mass is 10.1. The fourth-order valence-electron chi connectivity index (χ4n) is 3.00. The van der Waals surface area contributed by atoms with E-state index >= 15 is 0 Å². The van der Waals surface area contributed by atoms with Crippen LogP contribution in [0.4, 0.5) is 27.1 Å². The molecule has 0 unspecified atom stereocenters. The molecular weight excluding hydrogens is 405 g/mol. The minimum Gasteiger partial charge on any atom is -0.423 e. The third-order valence-electron chi connectivity index (χ3n) is 4.48. The van der Waals surface area contributed by atoms with Crippen LogP contribution in [-0.2, 0) is 0 Å². The van der Waals surface area contributed by atoms with Gasteiger partial charge in [-0.3, -0.25) is 14.9 Å². The molecule has 0 saturated carbocycles. The maximum Gasteiger partial charge on any atom is 0.338 e. The van der Waals surface area contributed by atoms with Crippen LogP contribution in [0, 0.1) is 15.9 Å². The van der Waals surface area contributed by atoms with E-state index in [4.69, 9.17) is 4.42 Å². The lowest BCUT2D eigenvalue weighted by Gasteiger charge is -2.10. The van der Waals surface area contributed by atoms with Gasteiger partial charge in [-0.25, -0.2) is 9.18 Å². The van der Waals surface area contributed by atoms with Crippen LogP contribution in [0.1, 0.15) is 10.4 Å². The zero-order chi connectivity index (χ0) is 22.0. The highest BCUT2D eigenvalue weighted by atomic mass is 19.1. The number of nitro benzene ring substituents is 1. The zero-order valence-corrected chi connectivity index (χ0v) is 15.8. The number of anilines is 3. The summed E-state index contributed by atoms with van der Waals surface area (Å²) in [5, 5.41) is 17.1. The highest BCUT2D eigenvalue weighted by Crippen LogP contribution is 2.29. The van der Waals surface area contributed by atoms with Gasteiger partial charge in [0.25, 0.3) is 11.6 Å². The summed E-state index contributed by atoms with van der Waals surface area (Å²) < 4.78 is 18.8. The van der Waals surface area contributed by atoms with Crippen molar-refractivity contribution in [3.05, 3.63) is 105 Å². The summed E-state index contributed by atoms with van der Waals surface area (Å²) in [5.41, 5.74) is 0.698. The average molecular weight is 419 g/mol. The van der Waals surface area contributed by atoms with E-state index in [1.165, 1.54) is 42.5 Å². The number of carbonyl (C=O) groups excluding carboxylic acids is 1. The van der Waals surface area contributed by atoms with Crippen LogP contribution in [0.3, 0.4) is 0 Å². The van der Waals surface area contributed by atoms with Crippen LogP contribution in [0.15, 0.2) is 82.0 Å². The van der Waals surface area contributed by atoms with Crippen molar-refractivity contribution in [3.63, 3.8) is 0 Å². The van der Waals surface area contributed by atoms with Gasteiger partial charge >= 0.3 is 5.63 Å². The predicted octanol–water partition coefficient (Wildman–Crippen LogP) is 4.84. The molecule has 1 amide bonds. The monoisotopic (exact) mass is 419 g/mol. The number of benzene rings is 3. The molecule has 0 aliphatic heterocycles. The zero-order valence-electron chi connectivity index (χ0n) is 15.8. The second-order valence-electron chi connectivity index (χ2n) is 6.55. The molecule has 0 aliphatic carbocycles. The van der Waals surface area contributed by atoms with E-state index < -0.39 is 22.3 Å². The largest absolute Gasteiger partial charge is 0.423 e. The molecule has 0 atom stereocenters. The Balaban J connectivity index is 1.58. The Kier molecular flexibility index (Phi) is 5.15. The molecule has 0 radical (unpaired) electrons. The van der Waals surface area contributed by atoms with Gasteiger partial charge in [-0.1, -0.05) is 12.1 Å². The molecule has 1 heterocycles. The molecular formula is C22H14FN3O5. The first kappa shape index (κ1) is 19.8. The van der Waals surface area contributed by atoms with Crippen molar-refractivity contribution in [1.29, 1.82) is 0 Å². The standard InChI is InChI=1S/C22H14FN3O5/c23-18-4-2-1-3-16(18)22(28)25-14-7-5-13(6-8-14)24-19-12-21(27)31-20-10-9-15(26(29)30)11-17(19)20/h1-12,24H,(H,25,28). The molecule has 0 fully saturated rings. The van der Waals surface area contributed by atoms with E-state index in [9.17, 15) is 24.1 Å². The molecule has 0 saturated heterocycles. The van der Waals surface area contributed by atoms with Gasteiger partial charge < -0.3 is 15.1 Å². The predicted molar refractivity (Wildman–Crippen MR) is 113 cm³/mol. The van der Waals surface area contributed by atoms with Crippen molar-refractivity contribution in [2.75, 3.05) is 10.6 Å². The lowest BCUT2D eigenvalue weighted by molar-refractivity contribution is -0.384. The minimum absolute atomic E-state index is 0.0752. The van der Waals surface area contributed by atoms with Gasteiger partial charge in [0, 0.05) is 35.0 Å². The number of nitrogens with zero attached hydrogens (tertiary/aromatic N) is 1. The number of carbonyl (C=O) groups is 1. The molecule has 0 spiro atoms. The van der Waals surface area contributed by atoms with E-state index in [-0.39, 0.29) is 16.8 Å². The molecule has 2 N–H and O–H groups in total. The van der Waals surface area contributed by atoms with Gasteiger partial charge in [-0.2, -0.15) is 0 Å². The Morgan fingerprint density at radius 3 is 2.39 bits per heavy atom. The summed E-state index contributed by atoms with van der Waals surface area (Å²) in [6, 6.07) is 17.2. The molecule has 4 rings (SSSR count). The third kappa shape index (κ3) is 4.25. The number of nitro groups is 1. The summed E-state index contributed by atoms with van der Waals surface area (Å²) in [6.45, 7) is 0. The molecule has 8 nitrogen and oxygen atoms in total. The van der Waals surface area contributed by atoms with Crippen molar-refractivity contribution in [1.82, 2.24) is 0 Å². The van der Waals surface area contributed by atoms with Crippen LogP contribution in [0.25, 0.3) is 11.0 Å². The van der Waals surface area contributed by atoms with Crippen molar-refractivity contribution < 1.29 is 18.5 Å². The highest BCUT2D eigenvalue weighted by molar-refractivity contribution is 6.04. The van der Waals surface area contributed by atoms with Gasteiger partial charge in [-0.05, 0) is 42.5 Å². The molecule has 1 aromatic heterocycles. The lowest BCUT2D eigenvalue weighted by Crippen LogP contribution is -2.13. The van der Waals surface area contributed by atoms with Crippen LogP contribution >= 0.6 is 0 Å². The number of nitrogens with one attached hydrogen (secondary N) is 2. The second-order valence-corrected chi connectivity index (χ2v) is 6.55. The molecule has 0 aliphatic rings. The fourth-order valence-corrected chi connectivity index (χ4v) is 3.00. The van der Waals surface area contributed by atoms with E-state index in [0.29, 0.717) is 22.4 Å². The van der Waals surface area contributed by atoms with Gasteiger partial charge in [0.1, 0.15) is 11.4 Å². The highest BCUT2D eigenvalue weighted by Gasteiger charge is 2.13. The van der Waals surface area contributed by atoms with Gasteiger partial charge in [0.15, 0.2) is 0 Å². The molecule has 3 aromatic carbocycles. The van der Waals surface area contributed by atoms with Crippen LogP contribution in [-0.4, -0.2) is 10.8 Å². The van der Waals surface area contributed by atoms with E-state index in [1.54, 1.807) is 30.3 Å². The Morgan fingerprint density at radius 2 is 1.68 bits per heavy atom. The number of hydrogen-bond donors (Lipinski definition) is 2. The number of fused-ring (bicyclic) bond motifs is 1. The third-order valence-corrected chi connectivity index (χ3v) is 4.48. The summed E-state index contributed by atoms with van der Waals surface area (Å²) in [7, 11) is 0. The van der Waals surface area contributed by atoms with Crippen molar-refractivity contribution >= 4 is 39.6 Å². The molecule has 9 heteroatoms. The maximum absolute atomic E-state index is 13.7. The van der Waals surface area contributed by atoms with Crippen molar-refractivity contribution in [2.45, 2.75) is 0 Å². The number of rotatable bonds is 5. The SMILES string of the molecule is O=C(Nc1ccc(Nc2cc(=O)oc3ccc([N+](=O)[O-])cc23)cc1)c1ccccc1F. The van der Waals surface area contributed by atoms with Crippen LogP contribution < -0.4 is 16.3 Å². The number of hydrogen-bond acceptors (Lipinski definition) is 6. The molecule has 0 bridgehead atoms. The number of halogens is 1. The summed E-state index contributed by atoms with van der Waals surface area (Å²) in [6.07, 6.45) is 0. The van der Waals surface area contributed by atoms with Crippen LogP contribution in [0.5, 0.6) is 0 Å². The van der Waals surface area contributed by atoms with E-state index in [0.717, 1.165) is 0 Å². The Labute approximate surface area is 174 Å². The first-order valence-electron chi connectivity index (χ1n) is 9.06. The normalized spacial score (nSPS) is 10.6. The second kappa shape index (κ2) is 8.07. The quantitative estimate of drug-likeness (QED) is 0.272. The molecule has 4 aromatic rings. The van der Waals surface area contributed by atoms with Gasteiger partial charge in [0.05, 0.1) is 16.2 Å². The number of non-ortho nitro benzene ring substituents is 1. The molecule has 154 valence electrons. The smallest absolute Gasteiger partial charge is 0.338 e. The Bertz CT molecular complexity index is 1370. The van der Waals surface area contributed by atoms with E-state index in [2.05, 4.69) is 10.6 Å². The first-order valence-corrected chi connectivity index (χ1v) is 9.06. The maximum atomic E-state index is 13.7. The first-order chi connectivity index (χ1) is 14.9. The summed E-state index contributed by atoms with van der Waals surface area (Å²) in [4.78, 5) is 34.6. The summed E-state index contributed by atoms with van der Waals surface area (Å²) >= 11 is 0. The fraction of sp³-hybridized carbons (Fsp3) is 0. The Morgan fingerprint density at radius 1 is 0.968 bits per heavy atom. The topological polar surface area (TPSA) is 114 Å². The average Bonchev–Trinajstić information content (AvgIpc) is 2.75. The van der Waals surface area contributed by atoms with Crippen LogP contribution in [0.2, 0.25) is 0 Å². The summed E-state index contributed by atoms with van der Waals surface area (Å²) in [5.74, 6) is -1.21. The van der Waals surface area contributed by atoms with Gasteiger partial charge in [0.2, 0.25) is 0 Å². The van der Waals surface area contributed by atoms with Gasteiger partial charge in [-0.15, -0.1) is 0 Å².